The zero-order chi connectivity index (χ0) is 24.9. The largest absolute Gasteiger partial charge is 0.491 e. The average Bonchev–Trinajstić information content (AvgIpc) is 2.77. The van der Waals surface area contributed by atoms with Crippen LogP contribution >= 0.6 is 23.2 Å². The maximum absolute atomic E-state index is 13.4. The summed E-state index contributed by atoms with van der Waals surface area (Å²) in [6.07, 6.45) is 0. The Kier molecular flexibility index (Phi) is 8.47. The fourth-order valence-electron chi connectivity index (χ4n) is 3.25. The highest BCUT2D eigenvalue weighted by Crippen LogP contribution is 2.29. The molecule has 0 aliphatic carbocycles. The molecule has 1 N–H and O–H groups in total. The molecule has 0 heterocycles. The van der Waals surface area contributed by atoms with Crippen molar-refractivity contribution in [1.29, 1.82) is 0 Å². The molecule has 0 bridgehead atoms. The van der Waals surface area contributed by atoms with Gasteiger partial charge in [0.25, 0.3) is 10.0 Å². The van der Waals surface area contributed by atoms with E-state index in [2.05, 4.69) is 5.32 Å². The fourth-order valence-corrected chi connectivity index (χ4v) is 5.17. The lowest BCUT2D eigenvalue weighted by Gasteiger charge is -2.24. The number of anilines is 1. The molecule has 0 atom stereocenters. The summed E-state index contributed by atoms with van der Waals surface area (Å²) in [5.41, 5.74) is 3.25. The maximum atomic E-state index is 13.4. The Morgan fingerprint density at radius 1 is 0.971 bits per heavy atom. The molecule has 0 fully saturated rings. The number of nitrogens with one attached hydrogen (secondary N) is 1. The number of hydrogen-bond acceptors (Lipinski definition) is 4. The van der Waals surface area contributed by atoms with Gasteiger partial charge in [-0.15, -0.1) is 0 Å². The number of ether oxygens (including phenoxy) is 1. The van der Waals surface area contributed by atoms with E-state index in [-0.39, 0.29) is 33.8 Å². The molecule has 0 unspecified atom stereocenters. The lowest BCUT2D eigenvalue weighted by atomic mass is 10.1. The molecule has 0 spiro atoms. The second kappa shape index (κ2) is 11.1. The highest BCUT2D eigenvalue weighted by Gasteiger charge is 2.27. The van der Waals surface area contributed by atoms with E-state index in [4.69, 9.17) is 27.9 Å². The van der Waals surface area contributed by atoms with E-state index < -0.39 is 22.5 Å². The minimum atomic E-state index is -4.06. The van der Waals surface area contributed by atoms with Crippen LogP contribution in [0.15, 0.2) is 65.6 Å². The lowest BCUT2D eigenvalue weighted by Crippen LogP contribution is -2.42. The van der Waals surface area contributed by atoms with Gasteiger partial charge in [-0.3, -0.25) is 9.10 Å². The summed E-state index contributed by atoms with van der Waals surface area (Å²) in [5, 5.41) is 3.23. The van der Waals surface area contributed by atoms with Gasteiger partial charge in [0.1, 0.15) is 18.9 Å². The average molecular weight is 521 g/mol. The van der Waals surface area contributed by atoms with Crippen molar-refractivity contribution < 1.29 is 17.9 Å². The molecule has 0 aliphatic rings. The molecule has 3 aromatic rings. The van der Waals surface area contributed by atoms with Crippen LogP contribution in [0.5, 0.6) is 5.75 Å². The number of aryl methyl sites for hydroxylation is 2. The smallest absolute Gasteiger partial charge is 0.264 e. The Labute approximate surface area is 210 Å². The molecule has 0 aromatic heterocycles. The van der Waals surface area contributed by atoms with Crippen LogP contribution in [0.3, 0.4) is 0 Å². The van der Waals surface area contributed by atoms with Crippen LogP contribution in [0, 0.1) is 20.8 Å². The minimum Gasteiger partial charge on any atom is -0.491 e. The number of amides is 1. The van der Waals surface area contributed by atoms with Gasteiger partial charge in [0.05, 0.1) is 17.1 Å². The zero-order valence-electron chi connectivity index (χ0n) is 19.1. The maximum Gasteiger partial charge on any atom is 0.264 e. The first kappa shape index (κ1) is 25.9. The van der Waals surface area contributed by atoms with E-state index in [1.54, 1.807) is 12.1 Å². The summed E-state index contributed by atoms with van der Waals surface area (Å²) in [6.45, 7) is 5.82. The van der Waals surface area contributed by atoms with Crippen molar-refractivity contribution in [2.45, 2.75) is 25.7 Å². The SMILES string of the molecule is Cc1ccc(S(=O)(=O)N(CC(=O)NCCOc2cccc(C)c2C)c2cc(Cl)cc(Cl)c2)cc1. The van der Waals surface area contributed by atoms with Gasteiger partial charge >= 0.3 is 0 Å². The van der Waals surface area contributed by atoms with E-state index in [0.717, 1.165) is 26.7 Å². The van der Waals surface area contributed by atoms with Crippen LogP contribution in [0.2, 0.25) is 10.0 Å². The van der Waals surface area contributed by atoms with Crippen molar-refractivity contribution in [3.05, 3.63) is 87.4 Å². The summed E-state index contributed by atoms with van der Waals surface area (Å²) in [4.78, 5) is 12.8. The molecule has 34 heavy (non-hydrogen) atoms. The van der Waals surface area contributed by atoms with Gasteiger partial charge in [-0.05, 0) is 68.3 Å². The topological polar surface area (TPSA) is 75.7 Å². The summed E-state index contributed by atoms with van der Waals surface area (Å²) in [5.74, 6) is 0.253. The first-order chi connectivity index (χ1) is 16.1. The first-order valence-electron chi connectivity index (χ1n) is 10.6. The first-order valence-corrected chi connectivity index (χ1v) is 12.8. The number of sulfonamides is 1. The van der Waals surface area contributed by atoms with Crippen LogP contribution in [0.4, 0.5) is 5.69 Å². The van der Waals surface area contributed by atoms with E-state index in [0.29, 0.717) is 0 Å². The number of nitrogens with zero attached hydrogens (tertiary/aromatic N) is 1. The van der Waals surface area contributed by atoms with Gasteiger partial charge in [0.2, 0.25) is 5.91 Å². The van der Waals surface area contributed by atoms with Crippen molar-refractivity contribution in [2.75, 3.05) is 24.0 Å². The Hall–Kier alpha value is -2.74. The van der Waals surface area contributed by atoms with Crippen molar-refractivity contribution in [1.82, 2.24) is 5.32 Å². The standard InChI is InChI=1S/C25H26Cl2N2O4S/c1-17-7-9-23(10-8-17)34(31,32)29(22-14-20(26)13-21(27)15-22)16-25(30)28-11-12-33-24-6-4-5-18(2)19(24)3/h4-10,13-15H,11-12,16H2,1-3H3,(H,28,30). The molecule has 1 amide bonds. The molecule has 3 rings (SSSR count). The molecule has 0 radical (unpaired) electrons. The van der Waals surface area contributed by atoms with Crippen LogP contribution in [0.1, 0.15) is 16.7 Å². The van der Waals surface area contributed by atoms with Crippen LogP contribution in [-0.2, 0) is 14.8 Å². The van der Waals surface area contributed by atoms with Gasteiger partial charge in [-0.1, -0.05) is 53.0 Å². The second-order valence-corrected chi connectivity index (χ2v) is 10.6. The minimum absolute atomic E-state index is 0.0558. The molecule has 0 aliphatic heterocycles. The van der Waals surface area contributed by atoms with Gasteiger partial charge in [-0.25, -0.2) is 8.42 Å². The molecular formula is C25H26Cl2N2O4S. The molecule has 6 nitrogen and oxygen atoms in total. The normalized spacial score (nSPS) is 11.2. The third-order valence-corrected chi connectivity index (χ3v) is 7.49. The Morgan fingerprint density at radius 3 is 2.26 bits per heavy atom. The third kappa shape index (κ3) is 6.44. The highest BCUT2D eigenvalue weighted by molar-refractivity contribution is 7.92. The molecule has 180 valence electrons. The van der Waals surface area contributed by atoms with Gasteiger partial charge in [0, 0.05) is 10.0 Å². The number of carbonyl (C=O) groups excluding carboxylic acids is 1. The van der Waals surface area contributed by atoms with E-state index >= 15 is 0 Å². The van der Waals surface area contributed by atoms with E-state index in [1.807, 2.05) is 39.0 Å². The van der Waals surface area contributed by atoms with E-state index in [9.17, 15) is 13.2 Å². The summed E-state index contributed by atoms with van der Waals surface area (Å²) in [7, 11) is -4.06. The summed E-state index contributed by atoms with van der Waals surface area (Å²) >= 11 is 12.2. The van der Waals surface area contributed by atoms with Crippen molar-refractivity contribution in [2.24, 2.45) is 0 Å². The number of rotatable bonds is 9. The van der Waals surface area contributed by atoms with Crippen molar-refractivity contribution in [3.8, 4) is 5.75 Å². The predicted octanol–water partition coefficient (Wildman–Crippen LogP) is 5.31. The van der Waals surface area contributed by atoms with Gasteiger partial charge < -0.3 is 10.1 Å². The van der Waals surface area contributed by atoms with Crippen molar-refractivity contribution in [3.63, 3.8) is 0 Å². The van der Waals surface area contributed by atoms with Gasteiger partial charge in [-0.2, -0.15) is 0 Å². The monoisotopic (exact) mass is 520 g/mol. The number of benzene rings is 3. The Morgan fingerprint density at radius 2 is 1.62 bits per heavy atom. The van der Waals surface area contributed by atoms with Crippen LogP contribution in [0.25, 0.3) is 0 Å². The fraction of sp³-hybridized carbons (Fsp3) is 0.240. The highest BCUT2D eigenvalue weighted by atomic mass is 35.5. The van der Waals surface area contributed by atoms with Crippen LogP contribution < -0.4 is 14.4 Å². The summed E-state index contributed by atoms with van der Waals surface area (Å²) in [6, 6.07) is 16.6. The van der Waals surface area contributed by atoms with E-state index in [1.165, 1.54) is 30.3 Å². The Balaban J connectivity index is 1.75. The molecular weight excluding hydrogens is 495 g/mol. The molecule has 0 saturated heterocycles. The van der Waals surface area contributed by atoms with Crippen molar-refractivity contribution >= 4 is 44.8 Å². The molecule has 0 saturated carbocycles. The number of carbonyl (C=O) groups is 1. The summed E-state index contributed by atoms with van der Waals surface area (Å²) < 4.78 is 33.6. The predicted molar refractivity (Wildman–Crippen MR) is 137 cm³/mol. The molecule has 9 heteroatoms. The molecule has 3 aromatic carbocycles. The number of halogens is 2. The Bertz CT molecular complexity index is 1260. The lowest BCUT2D eigenvalue weighted by molar-refractivity contribution is -0.119. The third-order valence-electron chi connectivity index (χ3n) is 5.27. The number of hydrogen-bond donors (Lipinski definition) is 1. The van der Waals surface area contributed by atoms with Gasteiger partial charge in [0.15, 0.2) is 0 Å². The zero-order valence-corrected chi connectivity index (χ0v) is 21.5. The second-order valence-electron chi connectivity index (χ2n) is 7.85. The quantitative estimate of drug-likeness (QED) is 0.388. The van der Waals surface area contributed by atoms with Crippen LogP contribution in [-0.4, -0.2) is 34.0 Å².